The molecule has 2 saturated heterocycles. The molecule has 0 unspecified atom stereocenters. The fourth-order valence-corrected chi connectivity index (χ4v) is 4.62. The number of aryl methyl sites for hydroxylation is 1. The van der Waals surface area contributed by atoms with Crippen LogP contribution < -0.4 is 10.2 Å². The molecule has 0 spiro atoms. The molecule has 1 atom stereocenters. The summed E-state index contributed by atoms with van der Waals surface area (Å²) in [5.41, 5.74) is 3.65. The van der Waals surface area contributed by atoms with E-state index in [9.17, 15) is 0 Å². The number of anilines is 1. The Morgan fingerprint density at radius 3 is 2.88 bits per heavy atom. The zero-order valence-electron chi connectivity index (χ0n) is 15.6. The molecule has 3 heterocycles. The van der Waals surface area contributed by atoms with Crippen LogP contribution >= 0.6 is 11.3 Å². The number of rotatable bonds is 5. The molecular weight excluding hydrogens is 342 g/mol. The van der Waals surface area contributed by atoms with E-state index in [0.717, 1.165) is 43.5 Å². The molecule has 0 saturated carbocycles. The predicted molar refractivity (Wildman–Crippen MR) is 109 cm³/mol. The van der Waals surface area contributed by atoms with Gasteiger partial charge in [0, 0.05) is 48.9 Å². The Morgan fingerprint density at radius 2 is 2.15 bits per heavy atom. The second-order valence-corrected chi connectivity index (χ2v) is 8.62. The maximum absolute atomic E-state index is 5.59. The highest BCUT2D eigenvalue weighted by Crippen LogP contribution is 2.27. The van der Waals surface area contributed by atoms with Gasteiger partial charge in [-0.3, -0.25) is 0 Å². The van der Waals surface area contributed by atoms with Crippen molar-refractivity contribution in [2.24, 2.45) is 5.92 Å². The van der Waals surface area contributed by atoms with Gasteiger partial charge in [0.15, 0.2) is 0 Å². The summed E-state index contributed by atoms with van der Waals surface area (Å²) in [6.45, 7) is 7.32. The number of ether oxygens (including phenoxy) is 1. The van der Waals surface area contributed by atoms with Crippen molar-refractivity contribution in [3.63, 3.8) is 0 Å². The molecular formula is C21H29N3OS. The molecule has 0 bridgehead atoms. The van der Waals surface area contributed by atoms with Gasteiger partial charge in [0.25, 0.3) is 0 Å². The summed E-state index contributed by atoms with van der Waals surface area (Å²) in [5.74, 6) is 0.708. The van der Waals surface area contributed by atoms with Gasteiger partial charge in [0.1, 0.15) is 0 Å². The van der Waals surface area contributed by atoms with Crippen LogP contribution in [-0.4, -0.2) is 43.9 Å². The first-order valence-corrected chi connectivity index (χ1v) is 10.7. The second kappa shape index (κ2) is 8.51. The minimum absolute atomic E-state index is 0.651. The Morgan fingerprint density at radius 1 is 1.27 bits per heavy atom. The number of hydrogen-bond acceptors (Lipinski definition) is 5. The fourth-order valence-electron chi connectivity index (χ4n) is 4.00. The van der Waals surface area contributed by atoms with Crippen LogP contribution in [0, 0.1) is 12.8 Å². The highest BCUT2D eigenvalue weighted by Gasteiger charge is 2.21. The van der Waals surface area contributed by atoms with Gasteiger partial charge in [0.2, 0.25) is 0 Å². The lowest BCUT2D eigenvalue weighted by molar-refractivity contribution is 0.0535. The van der Waals surface area contributed by atoms with Gasteiger partial charge >= 0.3 is 0 Å². The van der Waals surface area contributed by atoms with Gasteiger partial charge < -0.3 is 15.0 Å². The molecule has 26 heavy (non-hydrogen) atoms. The van der Waals surface area contributed by atoms with E-state index in [1.54, 1.807) is 11.3 Å². The molecule has 2 fully saturated rings. The van der Waals surface area contributed by atoms with E-state index in [-0.39, 0.29) is 0 Å². The van der Waals surface area contributed by atoms with Gasteiger partial charge in [-0.05, 0) is 50.7 Å². The Hall–Kier alpha value is -1.43. The van der Waals surface area contributed by atoms with Crippen LogP contribution in [0.2, 0.25) is 0 Å². The van der Waals surface area contributed by atoms with E-state index in [1.165, 1.54) is 36.9 Å². The molecule has 1 aromatic heterocycles. The Kier molecular flexibility index (Phi) is 5.88. The van der Waals surface area contributed by atoms with E-state index in [0.29, 0.717) is 12.0 Å². The van der Waals surface area contributed by atoms with Gasteiger partial charge in [-0.15, -0.1) is 11.3 Å². The van der Waals surface area contributed by atoms with Crippen LogP contribution in [0.4, 0.5) is 5.69 Å². The van der Waals surface area contributed by atoms with Crippen molar-refractivity contribution in [1.82, 2.24) is 10.3 Å². The van der Waals surface area contributed by atoms with Crippen LogP contribution in [0.15, 0.2) is 29.6 Å². The van der Waals surface area contributed by atoms with Crippen molar-refractivity contribution in [3.8, 4) is 11.3 Å². The van der Waals surface area contributed by atoms with E-state index >= 15 is 0 Å². The molecule has 0 aliphatic carbocycles. The molecule has 0 radical (unpaired) electrons. The summed E-state index contributed by atoms with van der Waals surface area (Å²) in [7, 11) is 0. The first kappa shape index (κ1) is 18.0. The van der Waals surface area contributed by atoms with Crippen LogP contribution in [0.3, 0.4) is 0 Å². The Bertz CT molecular complexity index is 703. The molecule has 140 valence electrons. The topological polar surface area (TPSA) is 37.4 Å². The first-order chi connectivity index (χ1) is 12.8. The second-order valence-electron chi connectivity index (χ2n) is 7.55. The molecule has 2 aliphatic heterocycles. The minimum Gasteiger partial charge on any atom is -0.381 e. The summed E-state index contributed by atoms with van der Waals surface area (Å²) < 4.78 is 5.59. The van der Waals surface area contributed by atoms with E-state index in [4.69, 9.17) is 4.74 Å². The third kappa shape index (κ3) is 4.45. The van der Waals surface area contributed by atoms with Gasteiger partial charge in [-0.1, -0.05) is 12.1 Å². The highest BCUT2D eigenvalue weighted by molar-refractivity contribution is 7.09. The van der Waals surface area contributed by atoms with Crippen LogP contribution in [0.1, 0.15) is 30.7 Å². The number of nitrogens with one attached hydrogen (secondary N) is 1. The quantitative estimate of drug-likeness (QED) is 0.858. The van der Waals surface area contributed by atoms with Crippen LogP contribution in [0.25, 0.3) is 11.3 Å². The molecule has 0 amide bonds. The number of benzene rings is 1. The Balaban J connectivity index is 1.30. The summed E-state index contributed by atoms with van der Waals surface area (Å²) in [5, 5.41) is 7.07. The molecule has 2 aliphatic rings. The maximum atomic E-state index is 5.59. The lowest BCUT2D eigenvalue weighted by atomic mass is 9.99. The van der Waals surface area contributed by atoms with E-state index in [2.05, 4.69) is 51.8 Å². The first-order valence-electron chi connectivity index (χ1n) is 9.86. The van der Waals surface area contributed by atoms with Crippen molar-refractivity contribution < 1.29 is 4.74 Å². The van der Waals surface area contributed by atoms with Gasteiger partial charge in [-0.2, -0.15) is 0 Å². The monoisotopic (exact) mass is 371 g/mol. The number of nitrogens with zero attached hydrogens (tertiary/aromatic N) is 2. The van der Waals surface area contributed by atoms with E-state index < -0.39 is 0 Å². The summed E-state index contributed by atoms with van der Waals surface area (Å²) in [6, 6.07) is 9.50. The van der Waals surface area contributed by atoms with Crippen molar-refractivity contribution in [3.05, 3.63) is 34.7 Å². The zero-order valence-corrected chi connectivity index (χ0v) is 16.4. The largest absolute Gasteiger partial charge is 0.381 e. The number of thiazole rings is 1. The smallest absolute Gasteiger partial charge is 0.0901 e. The average molecular weight is 372 g/mol. The fraction of sp³-hybridized carbons (Fsp3) is 0.571. The van der Waals surface area contributed by atoms with Crippen molar-refractivity contribution in [2.45, 2.75) is 38.6 Å². The van der Waals surface area contributed by atoms with Crippen LogP contribution in [-0.2, 0) is 4.74 Å². The number of aromatic nitrogens is 1. The molecule has 5 heteroatoms. The van der Waals surface area contributed by atoms with Crippen molar-refractivity contribution >= 4 is 17.0 Å². The third-order valence-electron chi connectivity index (χ3n) is 5.57. The van der Waals surface area contributed by atoms with Gasteiger partial charge in [-0.25, -0.2) is 4.98 Å². The standard InChI is InChI=1S/C21H29N3OS/c1-16-23-21(15-26-16)18-5-2-6-20(12-18)24-9-7-19(8-10-24)22-13-17-4-3-11-25-14-17/h2,5-6,12,15,17,19,22H,3-4,7-11,13-14H2,1H3/t17-/m1/s1. The molecule has 1 N–H and O–H groups in total. The van der Waals surface area contributed by atoms with Gasteiger partial charge in [0.05, 0.1) is 17.3 Å². The normalized spacial score (nSPS) is 21.9. The van der Waals surface area contributed by atoms with E-state index in [1.807, 2.05) is 0 Å². The number of piperidine rings is 1. The maximum Gasteiger partial charge on any atom is 0.0901 e. The average Bonchev–Trinajstić information content (AvgIpc) is 3.14. The zero-order chi connectivity index (χ0) is 17.8. The minimum atomic E-state index is 0.651. The summed E-state index contributed by atoms with van der Waals surface area (Å²) >= 11 is 1.72. The SMILES string of the molecule is Cc1nc(-c2cccc(N3CCC(NC[C@H]4CCCOC4)CC3)c2)cs1. The molecule has 4 rings (SSSR count). The Labute approximate surface area is 160 Å². The molecule has 2 aromatic rings. The summed E-state index contributed by atoms with van der Waals surface area (Å²) in [6.07, 6.45) is 4.97. The lowest BCUT2D eigenvalue weighted by Gasteiger charge is -2.35. The summed E-state index contributed by atoms with van der Waals surface area (Å²) in [4.78, 5) is 7.15. The predicted octanol–water partition coefficient (Wildman–Crippen LogP) is 4.10. The van der Waals surface area contributed by atoms with Crippen molar-refractivity contribution in [2.75, 3.05) is 37.7 Å². The third-order valence-corrected chi connectivity index (χ3v) is 6.34. The van der Waals surface area contributed by atoms with Crippen LogP contribution in [0.5, 0.6) is 0 Å². The molecule has 4 nitrogen and oxygen atoms in total. The highest BCUT2D eigenvalue weighted by atomic mass is 32.1. The van der Waals surface area contributed by atoms with Crippen molar-refractivity contribution in [1.29, 1.82) is 0 Å². The number of hydrogen-bond donors (Lipinski definition) is 1. The molecule has 1 aromatic carbocycles. The lowest BCUT2D eigenvalue weighted by Crippen LogP contribution is -2.44.